The van der Waals surface area contributed by atoms with Gasteiger partial charge in [-0.1, -0.05) is 32.1 Å². The van der Waals surface area contributed by atoms with E-state index < -0.39 is 12.0 Å². The van der Waals surface area contributed by atoms with Crippen molar-refractivity contribution in [1.29, 1.82) is 0 Å². The summed E-state index contributed by atoms with van der Waals surface area (Å²) in [5.41, 5.74) is 2.48. The summed E-state index contributed by atoms with van der Waals surface area (Å²) >= 11 is 0. The van der Waals surface area contributed by atoms with Gasteiger partial charge in [-0.15, -0.1) is 0 Å². The van der Waals surface area contributed by atoms with E-state index in [1.54, 1.807) is 0 Å². The molecular weight excluding hydrogens is 282 g/mol. The van der Waals surface area contributed by atoms with Gasteiger partial charge in [0, 0.05) is 11.3 Å². The molecule has 1 fully saturated rings. The predicted octanol–water partition coefficient (Wildman–Crippen LogP) is 2.11. The minimum Gasteiger partial charge on any atom is -0.480 e. The molecule has 1 unspecified atom stereocenters. The Morgan fingerprint density at radius 2 is 2.00 bits per heavy atom. The molecule has 0 spiro atoms. The number of carboxylic acid groups (broad SMARTS) is 1. The number of nitrogens with one attached hydrogen (secondary N) is 2. The Bertz CT molecular complexity index is 513. The van der Waals surface area contributed by atoms with Crippen molar-refractivity contribution in [3.05, 3.63) is 17.0 Å². The molecule has 22 heavy (non-hydrogen) atoms. The summed E-state index contributed by atoms with van der Waals surface area (Å²) in [4.78, 5) is 23.6. The van der Waals surface area contributed by atoms with Gasteiger partial charge in [-0.25, -0.2) is 4.79 Å². The lowest BCUT2D eigenvalue weighted by molar-refractivity contribution is -0.142. The zero-order valence-corrected chi connectivity index (χ0v) is 13.3. The molecular formula is C16H25N3O3. The molecule has 6 nitrogen and oxygen atoms in total. The first-order valence-corrected chi connectivity index (χ1v) is 8.00. The van der Waals surface area contributed by atoms with Crippen LogP contribution < -0.4 is 5.32 Å². The van der Waals surface area contributed by atoms with Crippen molar-refractivity contribution in [3.8, 4) is 0 Å². The van der Waals surface area contributed by atoms with E-state index in [2.05, 4.69) is 15.5 Å². The first-order chi connectivity index (χ1) is 10.5. The van der Waals surface area contributed by atoms with Gasteiger partial charge in [0.05, 0.1) is 12.1 Å². The Kier molecular flexibility index (Phi) is 5.57. The Morgan fingerprint density at radius 3 is 2.55 bits per heavy atom. The van der Waals surface area contributed by atoms with Gasteiger partial charge in [-0.3, -0.25) is 9.89 Å². The number of carbonyl (C=O) groups excluding carboxylic acids is 1. The van der Waals surface area contributed by atoms with Crippen LogP contribution in [-0.4, -0.2) is 33.2 Å². The normalized spacial score (nSPS) is 17.2. The fourth-order valence-corrected chi connectivity index (χ4v) is 3.22. The fourth-order valence-electron chi connectivity index (χ4n) is 3.22. The van der Waals surface area contributed by atoms with Gasteiger partial charge in [0.1, 0.15) is 6.04 Å². The molecule has 1 aliphatic rings. The third-order valence-corrected chi connectivity index (χ3v) is 4.55. The highest BCUT2D eigenvalue weighted by atomic mass is 16.4. The summed E-state index contributed by atoms with van der Waals surface area (Å²) in [6.07, 6.45) is 6.41. The SMILES string of the molecule is Cc1n[nH]c(C)c1CC(=O)NC(CC1CCCCC1)C(=O)O. The van der Waals surface area contributed by atoms with Gasteiger partial charge in [0.15, 0.2) is 0 Å². The lowest BCUT2D eigenvalue weighted by Gasteiger charge is -2.25. The molecule has 122 valence electrons. The molecule has 1 atom stereocenters. The smallest absolute Gasteiger partial charge is 0.326 e. The molecule has 2 rings (SSSR count). The van der Waals surface area contributed by atoms with E-state index in [0.29, 0.717) is 12.3 Å². The zero-order valence-electron chi connectivity index (χ0n) is 13.3. The second-order valence-corrected chi connectivity index (χ2v) is 6.29. The molecule has 0 aliphatic heterocycles. The lowest BCUT2D eigenvalue weighted by Crippen LogP contribution is -2.43. The number of carboxylic acids is 1. The van der Waals surface area contributed by atoms with E-state index in [1.807, 2.05) is 13.8 Å². The number of rotatable bonds is 6. The highest BCUT2D eigenvalue weighted by molar-refractivity contribution is 5.85. The average Bonchev–Trinajstić information content (AvgIpc) is 2.79. The molecule has 1 amide bonds. The predicted molar refractivity (Wildman–Crippen MR) is 82.5 cm³/mol. The molecule has 1 aromatic rings. The van der Waals surface area contributed by atoms with Crippen LogP contribution in [0.2, 0.25) is 0 Å². The highest BCUT2D eigenvalue weighted by Crippen LogP contribution is 2.27. The summed E-state index contributed by atoms with van der Waals surface area (Å²) in [5, 5.41) is 18.9. The van der Waals surface area contributed by atoms with Crippen LogP contribution in [0, 0.1) is 19.8 Å². The second kappa shape index (κ2) is 7.42. The Hall–Kier alpha value is -1.85. The number of nitrogens with zero attached hydrogens (tertiary/aromatic N) is 1. The summed E-state index contributed by atoms with van der Waals surface area (Å²) < 4.78 is 0. The second-order valence-electron chi connectivity index (χ2n) is 6.29. The third-order valence-electron chi connectivity index (χ3n) is 4.55. The Labute approximate surface area is 130 Å². The number of aromatic nitrogens is 2. The van der Waals surface area contributed by atoms with Gasteiger partial charge < -0.3 is 10.4 Å². The van der Waals surface area contributed by atoms with Crippen molar-refractivity contribution >= 4 is 11.9 Å². The molecule has 0 aromatic carbocycles. The van der Waals surface area contributed by atoms with E-state index in [9.17, 15) is 14.7 Å². The first-order valence-electron chi connectivity index (χ1n) is 8.00. The van der Waals surface area contributed by atoms with Crippen LogP contribution in [0.5, 0.6) is 0 Å². The molecule has 1 aliphatic carbocycles. The quantitative estimate of drug-likeness (QED) is 0.750. The van der Waals surface area contributed by atoms with Crippen LogP contribution in [0.25, 0.3) is 0 Å². The molecule has 0 radical (unpaired) electrons. The van der Waals surface area contributed by atoms with Crippen LogP contribution >= 0.6 is 0 Å². The minimum absolute atomic E-state index is 0.169. The van der Waals surface area contributed by atoms with Crippen LogP contribution in [0.4, 0.5) is 0 Å². The Morgan fingerprint density at radius 1 is 1.32 bits per heavy atom. The van der Waals surface area contributed by atoms with E-state index >= 15 is 0 Å². The third kappa shape index (κ3) is 4.32. The summed E-state index contributed by atoms with van der Waals surface area (Å²) in [6.45, 7) is 3.70. The van der Waals surface area contributed by atoms with Crippen LogP contribution in [0.3, 0.4) is 0 Å². The molecule has 0 bridgehead atoms. The molecule has 1 heterocycles. The number of H-pyrrole nitrogens is 1. The van der Waals surface area contributed by atoms with E-state index in [-0.39, 0.29) is 12.3 Å². The summed E-state index contributed by atoms with van der Waals surface area (Å²) in [6, 6.07) is -0.789. The van der Waals surface area contributed by atoms with Gasteiger partial charge in [-0.05, 0) is 26.2 Å². The average molecular weight is 307 g/mol. The number of aliphatic carboxylic acids is 1. The monoisotopic (exact) mass is 307 g/mol. The first kappa shape index (κ1) is 16.5. The van der Waals surface area contributed by atoms with Crippen LogP contribution in [-0.2, 0) is 16.0 Å². The maximum Gasteiger partial charge on any atom is 0.326 e. The topological polar surface area (TPSA) is 95.1 Å². The van der Waals surface area contributed by atoms with Crippen molar-refractivity contribution in [1.82, 2.24) is 15.5 Å². The maximum absolute atomic E-state index is 12.2. The fraction of sp³-hybridized carbons (Fsp3) is 0.688. The van der Waals surface area contributed by atoms with Crippen molar-refractivity contribution in [3.63, 3.8) is 0 Å². The van der Waals surface area contributed by atoms with E-state index in [1.165, 1.54) is 19.3 Å². The molecule has 3 N–H and O–H groups in total. The van der Waals surface area contributed by atoms with Crippen molar-refractivity contribution in [2.75, 3.05) is 0 Å². The maximum atomic E-state index is 12.2. The standard InChI is InChI=1S/C16H25N3O3/c1-10-13(11(2)19-18-10)9-15(20)17-14(16(21)22)8-12-6-4-3-5-7-12/h12,14H,3-9H2,1-2H3,(H,17,20)(H,18,19)(H,21,22). The van der Waals surface area contributed by atoms with Crippen molar-refractivity contribution in [2.24, 2.45) is 5.92 Å². The van der Waals surface area contributed by atoms with E-state index in [4.69, 9.17) is 0 Å². The number of aryl methyl sites for hydroxylation is 2. The van der Waals surface area contributed by atoms with Crippen molar-refractivity contribution in [2.45, 2.75) is 64.8 Å². The Balaban J connectivity index is 1.92. The summed E-state index contributed by atoms with van der Waals surface area (Å²) in [5.74, 6) is -0.789. The van der Waals surface area contributed by atoms with Crippen molar-refractivity contribution < 1.29 is 14.7 Å². The minimum atomic E-state index is -0.945. The van der Waals surface area contributed by atoms with E-state index in [0.717, 1.165) is 29.8 Å². The largest absolute Gasteiger partial charge is 0.480 e. The van der Waals surface area contributed by atoms with Crippen LogP contribution in [0.1, 0.15) is 55.5 Å². The number of hydrogen-bond donors (Lipinski definition) is 3. The van der Waals surface area contributed by atoms with Gasteiger partial charge in [-0.2, -0.15) is 5.10 Å². The molecule has 1 saturated carbocycles. The number of aromatic amines is 1. The van der Waals surface area contributed by atoms with Gasteiger partial charge >= 0.3 is 5.97 Å². The number of amides is 1. The van der Waals surface area contributed by atoms with Gasteiger partial charge in [0.2, 0.25) is 5.91 Å². The molecule has 1 aromatic heterocycles. The summed E-state index contributed by atoms with van der Waals surface area (Å²) in [7, 11) is 0. The number of hydrogen-bond acceptors (Lipinski definition) is 3. The lowest BCUT2D eigenvalue weighted by atomic mass is 9.85. The molecule has 6 heteroatoms. The molecule has 0 saturated heterocycles. The van der Waals surface area contributed by atoms with Gasteiger partial charge in [0.25, 0.3) is 0 Å². The van der Waals surface area contributed by atoms with Crippen LogP contribution in [0.15, 0.2) is 0 Å². The number of carbonyl (C=O) groups is 2. The highest BCUT2D eigenvalue weighted by Gasteiger charge is 2.25. The zero-order chi connectivity index (χ0) is 16.1.